The number of nitrogens with zero attached hydrogens (tertiary/aromatic N) is 1. The number of methoxy groups -OCH3 is 1. The van der Waals surface area contributed by atoms with E-state index in [0.29, 0.717) is 26.0 Å². The van der Waals surface area contributed by atoms with Crippen molar-refractivity contribution in [2.24, 2.45) is 0 Å². The highest BCUT2D eigenvalue weighted by atomic mass is 79.9. The first-order valence-corrected chi connectivity index (χ1v) is 8.07. The summed E-state index contributed by atoms with van der Waals surface area (Å²) in [7, 11) is 3.19. The number of urea groups is 1. The van der Waals surface area contributed by atoms with Gasteiger partial charge in [0.15, 0.2) is 0 Å². The lowest BCUT2D eigenvalue weighted by Gasteiger charge is -2.21. The van der Waals surface area contributed by atoms with Gasteiger partial charge in [-0.05, 0) is 45.8 Å². The van der Waals surface area contributed by atoms with Crippen molar-refractivity contribution in [2.45, 2.75) is 25.4 Å². The number of hydrogen-bond donors (Lipinski definition) is 2. The van der Waals surface area contributed by atoms with Crippen molar-refractivity contribution >= 4 is 39.3 Å². The molecule has 1 rings (SSSR count). The second-order valence-electron chi connectivity index (χ2n) is 4.59. The summed E-state index contributed by atoms with van der Waals surface area (Å²) in [6.45, 7) is 0.900. The van der Waals surface area contributed by atoms with E-state index in [9.17, 15) is 9.59 Å². The molecule has 0 saturated carbocycles. The van der Waals surface area contributed by atoms with Gasteiger partial charge in [0.25, 0.3) is 0 Å². The minimum absolute atomic E-state index is 0.340. The predicted molar refractivity (Wildman–Crippen MR) is 84.6 cm³/mol. The number of nitrogens with one attached hydrogen (secondary N) is 1. The SMILES string of the molecule is COCCCC(NC(=O)N(C)Cc1csc(Br)c1)C(=O)O. The lowest BCUT2D eigenvalue weighted by Crippen LogP contribution is -2.46. The third-order valence-corrected chi connectivity index (χ3v) is 4.38. The van der Waals surface area contributed by atoms with E-state index in [1.54, 1.807) is 25.5 Å². The first-order valence-electron chi connectivity index (χ1n) is 6.40. The van der Waals surface area contributed by atoms with Crippen LogP contribution in [0.2, 0.25) is 0 Å². The Morgan fingerprint density at radius 1 is 1.57 bits per heavy atom. The van der Waals surface area contributed by atoms with Crippen molar-refractivity contribution in [1.82, 2.24) is 10.2 Å². The highest BCUT2D eigenvalue weighted by Gasteiger charge is 2.21. The lowest BCUT2D eigenvalue weighted by molar-refractivity contribution is -0.139. The van der Waals surface area contributed by atoms with Gasteiger partial charge < -0.3 is 20.1 Å². The number of rotatable bonds is 8. The Bertz CT molecular complexity index is 480. The van der Waals surface area contributed by atoms with Gasteiger partial charge in [0.1, 0.15) is 6.04 Å². The minimum Gasteiger partial charge on any atom is -0.480 e. The minimum atomic E-state index is -1.04. The predicted octanol–water partition coefficient (Wildman–Crippen LogP) is 2.53. The van der Waals surface area contributed by atoms with Crippen LogP contribution in [0.25, 0.3) is 0 Å². The maximum absolute atomic E-state index is 12.0. The van der Waals surface area contributed by atoms with Crippen molar-refractivity contribution in [2.75, 3.05) is 20.8 Å². The molecule has 0 spiro atoms. The molecule has 2 amide bonds. The smallest absolute Gasteiger partial charge is 0.326 e. The number of carboxylic acid groups (broad SMARTS) is 1. The number of carbonyl (C=O) groups excluding carboxylic acids is 1. The van der Waals surface area contributed by atoms with Gasteiger partial charge in [0.2, 0.25) is 0 Å². The van der Waals surface area contributed by atoms with E-state index in [4.69, 9.17) is 9.84 Å². The topological polar surface area (TPSA) is 78.9 Å². The maximum Gasteiger partial charge on any atom is 0.326 e. The Balaban J connectivity index is 2.49. The quantitative estimate of drug-likeness (QED) is 0.681. The summed E-state index contributed by atoms with van der Waals surface area (Å²) in [5.74, 6) is -1.04. The van der Waals surface area contributed by atoms with E-state index < -0.39 is 18.0 Å². The number of hydrogen-bond acceptors (Lipinski definition) is 4. The molecule has 1 atom stereocenters. The zero-order valence-electron chi connectivity index (χ0n) is 12.0. The number of amides is 2. The van der Waals surface area contributed by atoms with E-state index in [1.807, 2.05) is 11.4 Å². The Morgan fingerprint density at radius 3 is 2.81 bits per heavy atom. The molecule has 8 heteroatoms. The second-order valence-corrected chi connectivity index (χ2v) is 6.88. The maximum atomic E-state index is 12.0. The van der Waals surface area contributed by atoms with Gasteiger partial charge in [-0.1, -0.05) is 0 Å². The molecule has 0 bridgehead atoms. The number of thiophene rings is 1. The normalized spacial score (nSPS) is 12.0. The number of carbonyl (C=O) groups is 2. The molecule has 0 aromatic carbocycles. The van der Waals surface area contributed by atoms with E-state index in [2.05, 4.69) is 21.2 Å². The van der Waals surface area contributed by atoms with Gasteiger partial charge in [-0.2, -0.15) is 0 Å². The van der Waals surface area contributed by atoms with Crippen LogP contribution in [0.15, 0.2) is 15.2 Å². The number of aliphatic carboxylic acids is 1. The van der Waals surface area contributed by atoms with Crippen molar-refractivity contribution in [3.8, 4) is 0 Å². The zero-order chi connectivity index (χ0) is 15.8. The molecule has 1 aromatic rings. The van der Waals surface area contributed by atoms with Gasteiger partial charge in [-0.15, -0.1) is 11.3 Å². The molecule has 1 aromatic heterocycles. The monoisotopic (exact) mass is 378 g/mol. The Morgan fingerprint density at radius 2 is 2.29 bits per heavy atom. The number of halogens is 1. The second kappa shape index (κ2) is 9.01. The van der Waals surface area contributed by atoms with Crippen LogP contribution in [0.1, 0.15) is 18.4 Å². The highest BCUT2D eigenvalue weighted by Crippen LogP contribution is 2.21. The summed E-state index contributed by atoms with van der Waals surface area (Å²) in [4.78, 5) is 24.6. The van der Waals surface area contributed by atoms with E-state index >= 15 is 0 Å². The molecular formula is C13H19BrN2O4S. The first kappa shape index (κ1) is 17.9. The Hall–Kier alpha value is -1.12. The van der Waals surface area contributed by atoms with E-state index in [1.165, 1.54) is 4.90 Å². The average Bonchev–Trinajstić information content (AvgIpc) is 2.82. The lowest BCUT2D eigenvalue weighted by atomic mass is 10.1. The van der Waals surface area contributed by atoms with Gasteiger partial charge in [-0.3, -0.25) is 0 Å². The summed E-state index contributed by atoms with van der Waals surface area (Å²) >= 11 is 4.90. The van der Waals surface area contributed by atoms with Crippen molar-refractivity contribution in [3.05, 3.63) is 20.8 Å². The van der Waals surface area contributed by atoms with Crippen LogP contribution < -0.4 is 5.32 Å². The molecule has 0 radical (unpaired) electrons. The standard InChI is InChI=1S/C13H19BrN2O4S/c1-16(7-9-6-11(14)21-8-9)13(19)15-10(12(17)18)4-3-5-20-2/h6,8,10H,3-5,7H2,1-2H3,(H,15,19)(H,17,18). The van der Waals surface area contributed by atoms with Crippen molar-refractivity contribution in [3.63, 3.8) is 0 Å². The molecule has 0 saturated heterocycles. The molecule has 0 aliphatic rings. The molecule has 118 valence electrons. The van der Waals surface area contributed by atoms with Crippen LogP contribution in [0.5, 0.6) is 0 Å². The van der Waals surface area contributed by atoms with Crippen LogP contribution >= 0.6 is 27.3 Å². The summed E-state index contributed by atoms with van der Waals surface area (Å²) in [6.07, 6.45) is 0.918. The van der Waals surface area contributed by atoms with Crippen molar-refractivity contribution < 1.29 is 19.4 Å². The summed E-state index contributed by atoms with van der Waals surface area (Å²) in [5.41, 5.74) is 0.996. The van der Waals surface area contributed by atoms with E-state index in [-0.39, 0.29) is 0 Å². The summed E-state index contributed by atoms with van der Waals surface area (Å²) in [6, 6.07) is 0.633. The Kier molecular flexibility index (Phi) is 7.69. The van der Waals surface area contributed by atoms with Crippen LogP contribution in [-0.2, 0) is 16.1 Å². The zero-order valence-corrected chi connectivity index (χ0v) is 14.4. The Labute approximate surface area is 136 Å². The van der Waals surface area contributed by atoms with E-state index in [0.717, 1.165) is 9.35 Å². The largest absolute Gasteiger partial charge is 0.480 e. The molecule has 2 N–H and O–H groups in total. The van der Waals surface area contributed by atoms with Crippen LogP contribution in [-0.4, -0.2) is 48.8 Å². The fraction of sp³-hybridized carbons (Fsp3) is 0.538. The molecule has 1 heterocycles. The molecule has 21 heavy (non-hydrogen) atoms. The fourth-order valence-corrected chi connectivity index (χ4v) is 2.92. The number of ether oxygens (including phenoxy) is 1. The van der Waals surface area contributed by atoms with Gasteiger partial charge in [0.05, 0.1) is 3.79 Å². The molecule has 1 unspecified atom stereocenters. The fourth-order valence-electron chi connectivity index (χ4n) is 1.72. The summed E-state index contributed by atoms with van der Waals surface area (Å²) in [5, 5.41) is 13.6. The third kappa shape index (κ3) is 6.45. The van der Waals surface area contributed by atoms with Crippen molar-refractivity contribution in [1.29, 1.82) is 0 Å². The molecule has 0 aliphatic heterocycles. The van der Waals surface area contributed by atoms with Crippen LogP contribution in [0, 0.1) is 0 Å². The number of carboxylic acids is 1. The first-order chi connectivity index (χ1) is 9.93. The van der Waals surface area contributed by atoms with Crippen LogP contribution in [0.3, 0.4) is 0 Å². The van der Waals surface area contributed by atoms with Crippen LogP contribution in [0.4, 0.5) is 4.79 Å². The molecule has 0 fully saturated rings. The molecule has 6 nitrogen and oxygen atoms in total. The average molecular weight is 379 g/mol. The molecular weight excluding hydrogens is 360 g/mol. The molecule has 0 aliphatic carbocycles. The van der Waals surface area contributed by atoms with Gasteiger partial charge in [-0.25, -0.2) is 9.59 Å². The summed E-state index contributed by atoms with van der Waals surface area (Å²) < 4.78 is 5.88. The van der Waals surface area contributed by atoms with Gasteiger partial charge >= 0.3 is 12.0 Å². The third-order valence-electron chi connectivity index (χ3n) is 2.83. The van der Waals surface area contributed by atoms with Gasteiger partial charge in [0, 0.05) is 27.3 Å². The highest BCUT2D eigenvalue weighted by molar-refractivity contribution is 9.11.